The van der Waals surface area contributed by atoms with Crippen LogP contribution in [0.25, 0.3) is 0 Å². The Morgan fingerprint density at radius 3 is 2.37 bits per heavy atom. The highest BCUT2D eigenvalue weighted by Crippen LogP contribution is 2.30. The smallest absolute Gasteiger partial charge is 0.253 e. The Labute approximate surface area is 206 Å². The van der Waals surface area contributed by atoms with Gasteiger partial charge in [-0.1, -0.05) is 12.1 Å². The number of hydrogen-bond acceptors (Lipinski definition) is 6. The molecule has 0 spiro atoms. The molecule has 0 bridgehead atoms. The van der Waals surface area contributed by atoms with Crippen LogP contribution < -0.4 is 25.4 Å². The second-order valence-electron chi connectivity index (χ2n) is 8.40. The lowest BCUT2D eigenvalue weighted by Crippen LogP contribution is -2.32. The van der Waals surface area contributed by atoms with Gasteiger partial charge in [-0.3, -0.25) is 19.3 Å². The molecule has 0 saturated heterocycles. The van der Waals surface area contributed by atoms with Crippen molar-refractivity contribution in [2.45, 2.75) is 39.2 Å². The number of nitrogens with zero attached hydrogens (tertiary/aromatic N) is 1. The summed E-state index contributed by atoms with van der Waals surface area (Å²) in [5.41, 5.74) is 1.54. The molecule has 1 aliphatic carbocycles. The van der Waals surface area contributed by atoms with Crippen LogP contribution in [0.1, 0.15) is 43.5 Å². The lowest BCUT2D eigenvalue weighted by Gasteiger charge is -2.17. The molecule has 9 heteroatoms. The molecule has 3 rings (SSSR count). The van der Waals surface area contributed by atoms with Crippen LogP contribution >= 0.6 is 0 Å². The zero-order valence-corrected chi connectivity index (χ0v) is 20.6. The molecule has 0 heterocycles. The molecule has 0 atom stereocenters. The number of nitrogens with one attached hydrogen (secondary N) is 3. The minimum absolute atomic E-state index is 0.116. The SMILES string of the molecule is CCOc1ccc(NC(=O)CN(C)CCC(=O)Nc2ccccc2C(=O)NC2CC2)cc1OCC. The minimum Gasteiger partial charge on any atom is -0.490 e. The van der Waals surface area contributed by atoms with Crippen molar-refractivity contribution >= 4 is 29.1 Å². The fourth-order valence-electron chi connectivity index (χ4n) is 3.44. The highest BCUT2D eigenvalue weighted by molar-refractivity contribution is 6.04. The van der Waals surface area contributed by atoms with E-state index in [1.54, 1.807) is 54.4 Å². The maximum Gasteiger partial charge on any atom is 0.253 e. The molecule has 1 fully saturated rings. The van der Waals surface area contributed by atoms with Gasteiger partial charge >= 0.3 is 0 Å². The van der Waals surface area contributed by atoms with Crippen LogP contribution in [0.15, 0.2) is 42.5 Å². The number of benzene rings is 2. The second-order valence-corrected chi connectivity index (χ2v) is 8.40. The van der Waals surface area contributed by atoms with Gasteiger partial charge in [0.1, 0.15) is 0 Å². The molecule has 1 saturated carbocycles. The van der Waals surface area contributed by atoms with Gasteiger partial charge in [0.2, 0.25) is 11.8 Å². The Hall–Kier alpha value is -3.59. The van der Waals surface area contributed by atoms with Gasteiger partial charge in [0, 0.05) is 30.8 Å². The van der Waals surface area contributed by atoms with E-state index >= 15 is 0 Å². The van der Waals surface area contributed by atoms with Gasteiger partial charge in [0.05, 0.1) is 31.0 Å². The number of ether oxygens (including phenoxy) is 2. The van der Waals surface area contributed by atoms with E-state index < -0.39 is 0 Å². The van der Waals surface area contributed by atoms with E-state index in [2.05, 4.69) is 16.0 Å². The van der Waals surface area contributed by atoms with Crippen molar-refractivity contribution in [1.29, 1.82) is 0 Å². The number of amides is 3. The van der Waals surface area contributed by atoms with Crippen LogP contribution in [0.4, 0.5) is 11.4 Å². The van der Waals surface area contributed by atoms with Crippen LogP contribution in [0, 0.1) is 0 Å². The molecule has 0 aliphatic heterocycles. The molecule has 1 aliphatic rings. The first-order chi connectivity index (χ1) is 16.9. The van der Waals surface area contributed by atoms with Crippen LogP contribution in [-0.4, -0.2) is 62.0 Å². The summed E-state index contributed by atoms with van der Waals surface area (Å²) in [4.78, 5) is 39.1. The first-order valence-electron chi connectivity index (χ1n) is 12.0. The average Bonchev–Trinajstić information content (AvgIpc) is 3.64. The lowest BCUT2D eigenvalue weighted by atomic mass is 10.1. The number of carbonyl (C=O) groups excluding carboxylic acids is 3. The summed E-state index contributed by atoms with van der Waals surface area (Å²) in [5.74, 6) is 0.586. The zero-order valence-electron chi connectivity index (χ0n) is 20.6. The maximum atomic E-state index is 12.5. The first kappa shape index (κ1) is 26.0. The van der Waals surface area contributed by atoms with Crippen molar-refractivity contribution in [3.63, 3.8) is 0 Å². The monoisotopic (exact) mass is 482 g/mol. The number of carbonyl (C=O) groups is 3. The molecule has 188 valence electrons. The fraction of sp³-hybridized carbons (Fsp3) is 0.423. The predicted octanol–water partition coefficient (Wildman–Crippen LogP) is 3.28. The summed E-state index contributed by atoms with van der Waals surface area (Å²) in [5, 5.41) is 8.60. The van der Waals surface area contributed by atoms with Crippen molar-refractivity contribution < 1.29 is 23.9 Å². The zero-order chi connectivity index (χ0) is 25.2. The molecule has 9 nitrogen and oxygen atoms in total. The third-order valence-corrected chi connectivity index (χ3v) is 5.32. The molecule has 0 radical (unpaired) electrons. The molecule has 3 N–H and O–H groups in total. The third kappa shape index (κ3) is 8.29. The predicted molar refractivity (Wildman–Crippen MR) is 135 cm³/mol. The Balaban J connectivity index is 1.46. The van der Waals surface area contributed by atoms with Crippen molar-refractivity contribution in [3.05, 3.63) is 48.0 Å². The highest BCUT2D eigenvalue weighted by Gasteiger charge is 2.25. The molecular formula is C26H34N4O5. The van der Waals surface area contributed by atoms with E-state index in [4.69, 9.17) is 9.47 Å². The Morgan fingerprint density at radius 2 is 1.66 bits per heavy atom. The summed E-state index contributed by atoms with van der Waals surface area (Å²) in [7, 11) is 1.77. The second kappa shape index (κ2) is 12.8. The van der Waals surface area contributed by atoms with E-state index in [1.165, 1.54) is 0 Å². The van der Waals surface area contributed by atoms with Crippen LogP contribution in [0.3, 0.4) is 0 Å². The summed E-state index contributed by atoms with van der Waals surface area (Å²) in [6, 6.07) is 12.4. The van der Waals surface area contributed by atoms with Gasteiger partial charge in [-0.2, -0.15) is 0 Å². The minimum atomic E-state index is -0.225. The Bertz CT molecular complexity index is 1040. The summed E-state index contributed by atoms with van der Waals surface area (Å²) in [6.07, 6.45) is 2.17. The molecule has 0 aromatic heterocycles. The van der Waals surface area contributed by atoms with Gasteiger partial charge in [-0.15, -0.1) is 0 Å². The van der Waals surface area contributed by atoms with Crippen molar-refractivity contribution in [2.24, 2.45) is 0 Å². The van der Waals surface area contributed by atoms with Crippen molar-refractivity contribution in [1.82, 2.24) is 10.2 Å². The van der Waals surface area contributed by atoms with E-state index in [9.17, 15) is 14.4 Å². The number of likely N-dealkylation sites (N-methyl/N-ethyl adjacent to an activating group) is 1. The normalized spacial score (nSPS) is 12.7. The molecule has 2 aromatic rings. The van der Waals surface area contributed by atoms with Gasteiger partial charge in [-0.25, -0.2) is 0 Å². The highest BCUT2D eigenvalue weighted by atomic mass is 16.5. The molecular weight excluding hydrogens is 448 g/mol. The third-order valence-electron chi connectivity index (χ3n) is 5.32. The van der Waals surface area contributed by atoms with Crippen LogP contribution in [-0.2, 0) is 9.59 Å². The van der Waals surface area contributed by atoms with Crippen molar-refractivity contribution in [2.75, 3.05) is 44.0 Å². The van der Waals surface area contributed by atoms with Gasteiger partial charge in [0.25, 0.3) is 5.91 Å². The summed E-state index contributed by atoms with van der Waals surface area (Å²) in [6.45, 7) is 5.27. The Kier molecular flexibility index (Phi) is 9.48. The van der Waals surface area contributed by atoms with Gasteiger partial charge < -0.3 is 25.4 Å². The number of rotatable bonds is 13. The van der Waals surface area contributed by atoms with E-state index in [0.717, 1.165) is 12.8 Å². The average molecular weight is 483 g/mol. The number of para-hydroxylation sites is 1. The van der Waals surface area contributed by atoms with E-state index in [0.29, 0.717) is 48.2 Å². The molecule has 3 amide bonds. The Morgan fingerprint density at radius 1 is 0.943 bits per heavy atom. The van der Waals surface area contributed by atoms with Gasteiger partial charge in [-0.05, 0) is 58.0 Å². The number of anilines is 2. The topological polar surface area (TPSA) is 109 Å². The summed E-state index contributed by atoms with van der Waals surface area (Å²) < 4.78 is 11.1. The first-order valence-corrected chi connectivity index (χ1v) is 12.0. The van der Waals surface area contributed by atoms with Gasteiger partial charge in [0.15, 0.2) is 11.5 Å². The van der Waals surface area contributed by atoms with E-state index in [1.807, 2.05) is 13.8 Å². The maximum absolute atomic E-state index is 12.5. The van der Waals surface area contributed by atoms with Crippen molar-refractivity contribution in [3.8, 4) is 11.5 Å². The number of hydrogen-bond donors (Lipinski definition) is 3. The quantitative estimate of drug-likeness (QED) is 0.404. The lowest BCUT2D eigenvalue weighted by molar-refractivity contribution is -0.119. The standard InChI is InChI=1S/C26H34N4O5/c1-4-34-22-13-12-19(16-23(22)35-5-2)27-25(32)17-30(3)15-14-24(31)29-21-9-7-6-8-20(21)26(33)28-18-10-11-18/h6-9,12-13,16,18H,4-5,10-11,14-15,17H2,1-3H3,(H,27,32)(H,28,33)(H,29,31). The van der Waals surface area contributed by atoms with Crippen LogP contribution in [0.2, 0.25) is 0 Å². The summed E-state index contributed by atoms with van der Waals surface area (Å²) >= 11 is 0. The molecule has 0 unspecified atom stereocenters. The van der Waals surface area contributed by atoms with E-state index in [-0.39, 0.29) is 36.7 Å². The largest absolute Gasteiger partial charge is 0.490 e. The fourth-order valence-corrected chi connectivity index (χ4v) is 3.44. The molecule has 2 aromatic carbocycles. The molecule has 35 heavy (non-hydrogen) atoms. The van der Waals surface area contributed by atoms with Crippen LogP contribution in [0.5, 0.6) is 11.5 Å².